The van der Waals surface area contributed by atoms with E-state index in [1.807, 2.05) is 0 Å². The van der Waals surface area contributed by atoms with Crippen molar-refractivity contribution >= 4 is 0 Å². The molecule has 15 heavy (non-hydrogen) atoms. The molecule has 0 aliphatic carbocycles. The summed E-state index contributed by atoms with van der Waals surface area (Å²) in [5.41, 5.74) is -1.02. The molecule has 2 bridgehead atoms. The first-order chi connectivity index (χ1) is 7.14. The lowest BCUT2D eigenvalue weighted by Crippen LogP contribution is -2.68. The smallest absolute Gasteiger partial charge is 0.203 e. The Morgan fingerprint density at radius 3 is 2.67 bits per heavy atom. The minimum Gasteiger partial charge on any atom is -0.370 e. The van der Waals surface area contributed by atoms with Gasteiger partial charge in [0.2, 0.25) is 5.60 Å². The summed E-state index contributed by atoms with van der Waals surface area (Å²) in [6.07, 6.45) is 4.49. The molecule has 84 valence electrons. The molecule has 3 aliphatic rings. The van der Waals surface area contributed by atoms with E-state index in [-0.39, 0.29) is 5.92 Å². The predicted octanol–water partition coefficient (Wildman–Crippen LogP) is 1.28. The average molecular weight is 209 g/mol. The Bertz CT molecular complexity index is 276. The number of unbranched alkanes of at least 4 members (excludes halogenated alkanes) is 1. The van der Waals surface area contributed by atoms with Gasteiger partial charge >= 0.3 is 0 Å². The van der Waals surface area contributed by atoms with Gasteiger partial charge in [-0.25, -0.2) is 0 Å². The number of fused-ring (bicyclic) bond motifs is 3. The van der Waals surface area contributed by atoms with E-state index in [0.717, 1.165) is 23.9 Å². The van der Waals surface area contributed by atoms with Crippen molar-refractivity contribution in [3.8, 4) is 6.07 Å². The highest BCUT2D eigenvalue weighted by atomic mass is 16.3. The Hall–Kier alpha value is -0.590. The molecule has 0 aromatic heterocycles. The topological polar surface area (TPSA) is 44.0 Å². The van der Waals surface area contributed by atoms with Crippen molar-refractivity contribution in [2.75, 3.05) is 26.2 Å². The molecule has 3 heterocycles. The van der Waals surface area contributed by atoms with Gasteiger partial charge in [-0.05, 0) is 6.42 Å². The highest BCUT2D eigenvalue weighted by Gasteiger charge is 2.54. The molecule has 3 saturated heterocycles. The lowest BCUT2D eigenvalue weighted by molar-refractivity contribution is -0.949. The molecule has 0 aromatic rings. The zero-order chi connectivity index (χ0) is 10.9. The van der Waals surface area contributed by atoms with E-state index in [9.17, 15) is 5.11 Å². The van der Waals surface area contributed by atoms with Gasteiger partial charge in [0.05, 0.1) is 19.6 Å². The van der Waals surface area contributed by atoms with Gasteiger partial charge in [-0.3, -0.25) is 0 Å². The molecule has 0 radical (unpaired) electrons. The van der Waals surface area contributed by atoms with Crippen molar-refractivity contribution in [2.45, 2.75) is 38.2 Å². The third-order valence-corrected chi connectivity index (χ3v) is 4.34. The van der Waals surface area contributed by atoms with Crippen molar-refractivity contribution in [3.05, 3.63) is 0 Å². The highest BCUT2D eigenvalue weighted by molar-refractivity contribution is 5.08. The minimum absolute atomic E-state index is 0.240. The number of nitriles is 1. The van der Waals surface area contributed by atoms with Crippen molar-refractivity contribution in [1.82, 2.24) is 0 Å². The van der Waals surface area contributed by atoms with Crippen LogP contribution in [0.15, 0.2) is 0 Å². The fourth-order valence-corrected chi connectivity index (χ4v) is 3.31. The molecular weight excluding hydrogens is 188 g/mol. The van der Waals surface area contributed by atoms with Crippen LogP contribution in [0.4, 0.5) is 0 Å². The number of quaternary nitrogens is 1. The highest BCUT2D eigenvalue weighted by Crippen LogP contribution is 2.40. The van der Waals surface area contributed by atoms with Gasteiger partial charge in [-0.1, -0.05) is 13.3 Å². The molecule has 1 unspecified atom stereocenters. The van der Waals surface area contributed by atoms with Gasteiger partial charge in [-0.2, -0.15) is 5.26 Å². The first kappa shape index (κ1) is 10.9. The van der Waals surface area contributed by atoms with Gasteiger partial charge in [0.25, 0.3) is 0 Å². The molecule has 3 heteroatoms. The zero-order valence-electron chi connectivity index (χ0n) is 9.58. The standard InChI is InChI=1S/C12H21N2O/c1-2-3-6-14-7-4-11(5-8-14)12(15,9-13)10-14/h11,15H,2-8,10H2,1H3/q+1. The molecule has 3 rings (SSSR count). The molecule has 0 spiro atoms. The normalized spacial score (nSPS) is 43.9. The molecule has 1 N–H and O–H groups in total. The second-order valence-electron chi connectivity index (χ2n) is 5.33. The maximum atomic E-state index is 10.3. The van der Waals surface area contributed by atoms with Crippen molar-refractivity contribution in [2.24, 2.45) is 5.92 Å². The molecule has 3 nitrogen and oxygen atoms in total. The Morgan fingerprint density at radius 2 is 2.13 bits per heavy atom. The fraction of sp³-hybridized carbons (Fsp3) is 0.917. The number of rotatable bonds is 3. The van der Waals surface area contributed by atoms with Crippen LogP contribution in [0.2, 0.25) is 0 Å². The average Bonchev–Trinajstić information content (AvgIpc) is 2.28. The molecule has 0 saturated carbocycles. The quantitative estimate of drug-likeness (QED) is 0.562. The van der Waals surface area contributed by atoms with Gasteiger partial charge < -0.3 is 9.59 Å². The summed E-state index contributed by atoms with van der Waals surface area (Å²) in [6, 6.07) is 2.15. The van der Waals surface area contributed by atoms with Gasteiger partial charge in [-0.15, -0.1) is 0 Å². The predicted molar refractivity (Wildman–Crippen MR) is 57.9 cm³/mol. The minimum atomic E-state index is -1.02. The molecular formula is C12H21N2O+. The van der Waals surface area contributed by atoms with E-state index in [1.165, 1.54) is 25.9 Å². The van der Waals surface area contributed by atoms with Crippen LogP contribution < -0.4 is 0 Å². The number of hydrogen-bond donors (Lipinski definition) is 1. The van der Waals surface area contributed by atoms with Crippen LogP contribution in [0.5, 0.6) is 0 Å². The Morgan fingerprint density at radius 1 is 1.47 bits per heavy atom. The summed E-state index contributed by atoms with van der Waals surface area (Å²) >= 11 is 0. The van der Waals surface area contributed by atoms with E-state index in [4.69, 9.17) is 5.26 Å². The van der Waals surface area contributed by atoms with Crippen molar-refractivity contribution in [3.63, 3.8) is 0 Å². The van der Waals surface area contributed by atoms with Gasteiger partial charge in [0.1, 0.15) is 12.6 Å². The number of aliphatic hydroxyl groups is 1. The van der Waals surface area contributed by atoms with Crippen LogP contribution in [-0.2, 0) is 0 Å². The molecule has 0 amide bonds. The summed E-state index contributed by atoms with van der Waals surface area (Å²) in [4.78, 5) is 0. The SMILES string of the molecule is CCCC[N+]12CCC(CC1)C(O)(C#N)C2. The lowest BCUT2D eigenvalue weighted by atomic mass is 9.74. The van der Waals surface area contributed by atoms with Crippen LogP contribution in [0, 0.1) is 17.2 Å². The fourth-order valence-electron chi connectivity index (χ4n) is 3.31. The van der Waals surface area contributed by atoms with E-state index in [1.54, 1.807) is 0 Å². The van der Waals surface area contributed by atoms with Crippen LogP contribution in [0.3, 0.4) is 0 Å². The van der Waals surface area contributed by atoms with Gasteiger partial charge in [0, 0.05) is 18.8 Å². The number of piperidine rings is 3. The van der Waals surface area contributed by atoms with Crippen molar-refractivity contribution < 1.29 is 9.59 Å². The second kappa shape index (κ2) is 3.77. The summed E-state index contributed by atoms with van der Waals surface area (Å²) in [6.45, 7) is 6.37. The van der Waals surface area contributed by atoms with E-state index in [2.05, 4.69) is 13.0 Å². The van der Waals surface area contributed by atoms with Crippen LogP contribution in [0.1, 0.15) is 32.6 Å². The summed E-state index contributed by atoms with van der Waals surface area (Å²) in [7, 11) is 0. The second-order valence-corrected chi connectivity index (χ2v) is 5.33. The molecule has 3 fully saturated rings. The third-order valence-electron chi connectivity index (χ3n) is 4.34. The first-order valence-electron chi connectivity index (χ1n) is 6.13. The first-order valence-corrected chi connectivity index (χ1v) is 6.13. The monoisotopic (exact) mass is 209 g/mol. The zero-order valence-corrected chi connectivity index (χ0v) is 9.58. The maximum Gasteiger partial charge on any atom is 0.203 e. The maximum absolute atomic E-state index is 10.3. The van der Waals surface area contributed by atoms with Crippen LogP contribution in [0.25, 0.3) is 0 Å². The molecule has 1 atom stereocenters. The van der Waals surface area contributed by atoms with Crippen LogP contribution >= 0.6 is 0 Å². The Balaban J connectivity index is 2.11. The largest absolute Gasteiger partial charge is 0.370 e. The van der Waals surface area contributed by atoms with Crippen molar-refractivity contribution in [1.29, 1.82) is 5.26 Å². The third kappa shape index (κ3) is 1.77. The van der Waals surface area contributed by atoms with Gasteiger partial charge in [0.15, 0.2) is 0 Å². The van der Waals surface area contributed by atoms with E-state index >= 15 is 0 Å². The summed E-state index contributed by atoms with van der Waals surface area (Å²) in [5.74, 6) is 0.240. The summed E-state index contributed by atoms with van der Waals surface area (Å²) in [5, 5.41) is 19.4. The Labute approximate surface area is 91.9 Å². The van der Waals surface area contributed by atoms with E-state index in [0.29, 0.717) is 6.54 Å². The number of hydrogen-bond acceptors (Lipinski definition) is 2. The van der Waals surface area contributed by atoms with Crippen LogP contribution in [-0.4, -0.2) is 41.4 Å². The summed E-state index contributed by atoms with van der Waals surface area (Å²) < 4.78 is 0.994. The lowest BCUT2D eigenvalue weighted by Gasteiger charge is -2.54. The number of nitrogens with zero attached hydrogens (tertiary/aromatic N) is 2. The molecule has 3 aliphatic heterocycles. The molecule has 0 aromatic carbocycles. The Kier molecular flexibility index (Phi) is 2.74. The van der Waals surface area contributed by atoms with E-state index < -0.39 is 5.60 Å².